The molecule has 0 spiro atoms. The number of carbonyl (C=O) groups is 1. The van der Waals surface area contributed by atoms with Gasteiger partial charge in [-0.15, -0.1) is 0 Å². The van der Waals surface area contributed by atoms with Gasteiger partial charge in [0.2, 0.25) is 0 Å². The van der Waals surface area contributed by atoms with Crippen LogP contribution in [0, 0.1) is 0 Å². The fraction of sp³-hybridized carbons (Fsp3) is 0.214. The van der Waals surface area contributed by atoms with E-state index in [4.69, 9.17) is 10.5 Å². The highest BCUT2D eigenvalue weighted by Gasteiger charge is 2.16. The average Bonchev–Trinajstić information content (AvgIpc) is 2.47. The summed E-state index contributed by atoms with van der Waals surface area (Å²) in [5, 5.41) is 0. The minimum Gasteiger partial charge on any atom is -0.465 e. The zero-order valence-electron chi connectivity index (χ0n) is 11.4. The number of nitrogens with two attached hydrogens (primary N) is 1. The molecule has 2 N–H and O–H groups in total. The van der Waals surface area contributed by atoms with Gasteiger partial charge in [-0.3, -0.25) is 4.98 Å². The van der Waals surface area contributed by atoms with Crippen LogP contribution in [0.1, 0.15) is 15.9 Å². The van der Waals surface area contributed by atoms with Gasteiger partial charge in [0, 0.05) is 32.2 Å². The van der Waals surface area contributed by atoms with E-state index in [1.54, 1.807) is 24.7 Å². The molecule has 0 saturated heterocycles. The Morgan fingerprint density at radius 1 is 1.30 bits per heavy atom. The summed E-state index contributed by atoms with van der Waals surface area (Å²) in [7, 11) is 3.18. The van der Waals surface area contributed by atoms with Crippen molar-refractivity contribution >= 4 is 17.5 Å². The van der Waals surface area contributed by atoms with Crippen molar-refractivity contribution in [1.29, 1.82) is 0 Å². The molecule has 2 aromatic rings. The number of nitrogen functional groups attached to an aromatic ring is 1. The fourth-order valence-electron chi connectivity index (χ4n) is 1.89. The van der Waals surface area contributed by atoms with E-state index in [0.717, 1.165) is 5.56 Å². The molecule has 2 heterocycles. The monoisotopic (exact) mass is 272 g/mol. The Morgan fingerprint density at radius 3 is 2.65 bits per heavy atom. The SMILES string of the molecule is COC(=O)c1ccnc(N(C)Cc2ccncc2)c1N. The lowest BCUT2D eigenvalue weighted by molar-refractivity contribution is 0.0602. The third kappa shape index (κ3) is 2.85. The molecule has 2 aromatic heterocycles. The maximum absolute atomic E-state index is 11.6. The summed E-state index contributed by atoms with van der Waals surface area (Å²) in [6, 6.07) is 5.37. The summed E-state index contributed by atoms with van der Waals surface area (Å²) in [6.45, 7) is 0.615. The first kappa shape index (κ1) is 13.8. The zero-order valence-corrected chi connectivity index (χ0v) is 11.4. The molecular formula is C14H16N4O2. The van der Waals surface area contributed by atoms with Crippen molar-refractivity contribution < 1.29 is 9.53 Å². The van der Waals surface area contributed by atoms with Gasteiger partial charge in [-0.2, -0.15) is 0 Å². The highest BCUT2D eigenvalue weighted by Crippen LogP contribution is 2.24. The van der Waals surface area contributed by atoms with Gasteiger partial charge < -0.3 is 15.4 Å². The summed E-state index contributed by atoms with van der Waals surface area (Å²) in [4.78, 5) is 21.7. The number of methoxy groups -OCH3 is 1. The number of carbonyl (C=O) groups excluding carboxylic acids is 1. The van der Waals surface area contributed by atoms with Crippen LogP contribution in [0.2, 0.25) is 0 Å². The van der Waals surface area contributed by atoms with Gasteiger partial charge in [0.05, 0.1) is 18.4 Å². The first-order valence-corrected chi connectivity index (χ1v) is 6.06. The van der Waals surface area contributed by atoms with Crippen molar-refractivity contribution in [3.8, 4) is 0 Å². The number of hydrogen-bond donors (Lipinski definition) is 1. The molecule has 0 atom stereocenters. The molecule has 0 bridgehead atoms. The molecular weight excluding hydrogens is 256 g/mol. The summed E-state index contributed by atoms with van der Waals surface area (Å²) in [6.07, 6.45) is 5.00. The molecule has 0 aromatic carbocycles. The van der Waals surface area contributed by atoms with Crippen LogP contribution in [0.3, 0.4) is 0 Å². The molecule has 6 heteroatoms. The van der Waals surface area contributed by atoms with E-state index >= 15 is 0 Å². The Balaban J connectivity index is 2.26. The molecule has 0 fully saturated rings. The Bertz CT molecular complexity index is 601. The third-order valence-corrected chi connectivity index (χ3v) is 2.91. The van der Waals surface area contributed by atoms with Gasteiger partial charge in [-0.1, -0.05) is 0 Å². The van der Waals surface area contributed by atoms with Gasteiger partial charge in [0.15, 0.2) is 5.82 Å². The van der Waals surface area contributed by atoms with E-state index in [1.807, 2.05) is 24.1 Å². The second-order valence-corrected chi connectivity index (χ2v) is 4.30. The van der Waals surface area contributed by atoms with Gasteiger partial charge in [-0.25, -0.2) is 9.78 Å². The largest absolute Gasteiger partial charge is 0.465 e. The van der Waals surface area contributed by atoms with Gasteiger partial charge in [0.25, 0.3) is 0 Å². The summed E-state index contributed by atoms with van der Waals surface area (Å²) in [5.74, 6) is 0.0770. The van der Waals surface area contributed by atoms with Crippen molar-refractivity contribution in [3.63, 3.8) is 0 Å². The topological polar surface area (TPSA) is 81.3 Å². The molecule has 0 unspecified atom stereocenters. The van der Waals surface area contributed by atoms with E-state index < -0.39 is 5.97 Å². The van der Waals surface area contributed by atoms with E-state index in [1.165, 1.54) is 7.11 Å². The fourth-order valence-corrected chi connectivity index (χ4v) is 1.89. The number of anilines is 2. The molecule has 104 valence electrons. The minimum absolute atomic E-state index is 0.316. The van der Waals surface area contributed by atoms with Crippen LogP contribution in [0.4, 0.5) is 11.5 Å². The van der Waals surface area contributed by atoms with Crippen molar-refractivity contribution in [1.82, 2.24) is 9.97 Å². The number of aromatic nitrogens is 2. The van der Waals surface area contributed by atoms with Crippen molar-refractivity contribution in [2.75, 3.05) is 24.8 Å². The van der Waals surface area contributed by atoms with Crippen LogP contribution in [0.15, 0.2) is 36.8 Å². The van der Waals surface area contributed by atoms with Crippen LogP contribution in [0.5, 0.6) is 0 Å². The zero-order chi connectivity index (χ0) is 14.5. The Labute approximate surface area is 117 Å². The van der Waals surface area contributed by atoms with Crippen molar-refractivity contribution in [3.05, 3.63) is 47.9 Å². The van der Waals surface area contributed by atoms with Crippen molar-refractivity contribution in [2.45, 2.75) is 6.54 Å². The number of esters is 1. The van der Waals surface area contributed by atoms with Crippen LogP contribution >= 0.6 is 0 Å². The molecule has 20 heavy (non-hydrogen) atoms. The molecule has 2 rings (SSSR count). The number of ether oxygens (including phenoxy) is 1. The number of nitrogens with zero attached hydrogens (tertiary/aromatic N) is 3. The van der Waals surface area contributed by atoms with E-state index in [-0.39, 0.29) is 0 Å². The van der Waals surface area contributed by atoms with E-state index in [9.17, 15) is 4.79 Å². The average molecular weight is 272 g/mol. The highest BCUT2D eigenvalue weighted by atomic mass is 16.5. The van der Waals surface area contributed by atoms with Crippen LogP contribution in [-0.4, -0.2) is 30.1 Å². The molecule has 0 radical (unpaired) electrons. The predicted molar refractivity (Wildman–Crippen MR) is 76.3 cm³/mol. The quantitative estimate of drug-likeness (QED) is 0.849. The number of pyridine rings is 2. The van der Waals surface area contributed by atoms with E-state index in [2.05, 4.69) is 9.97 Å². The van der Waals surface area contributed by atoms with Crippen molar-refractivity contribution in [2.24, 2.45) is 0 Å². The summed E-state index contributed by atoms with van der Waals surface area (Å²) < 4.78 is 4.70. The van der Waals surface area contributed by atoms with Crippen LogP contribution in [0.25, 0.3) is 0 Å². The number of hydrogen-bond acceptors (Lipinski definition) is 6. The first-order chi connectivity index (χ1) is 9.63. The second-order valence-electron chi connectivity index (χ2n) is 4.30. The summed E-state index contributed by atoms with van der Waals surface area (Å²) >= 11 is 0. The smallest absolute Gasteiger partial charge is 0.340 e. The van der Waals surface area contributed by atoms with Gasteiger partial charge in [-0.05, 0) is 23.8 Å². The normalized spacial score (nSPS) is 10.1. The van der Waals surface area contributed by atoms with E-state index in [0.29, 0.717) is 23.6 Å². The predicted octanol–water partition coefficient (Wildman–Crippen LogP) is 1.48. The van der Waals surface area contributed by atoms with Crippen LogP contribution in [-0.2, 0) is 11.3 Å². The minimum atomic E-state index is -0.469. The van der Waals surface area contributed by atoms with Gasteiger partial charge >= 0.3 is 5.97 Å². The first-order valence-electron chi connectivity index (χ1n) is 6.06. The van der Waals surface area contributed by atoms with Gasteiger partial charge in [0.1, 0.15) is 0 Å². The molecule has 0 aliphatic heterocycles. The Hall–Kier alpha value is -2.63. The lowest BCUT2D eigenvalue weighted by atomic mass is 10.2. The second kappa shape index (κ2) is 6.01. The lowest BCUT2D eigenvalue weighted by Gasteiger charge is -2.20. The Morgan fingerprint density at radius 2 is 2.00 bits per heavy atom. The lowest BCUT2D eigenvalue weighted by Crippen LogP contribution is -2.20. The highest BCUT2D eigenvalue weighted by molar-refractivity contribution is 5.97. The molecule has 0 aliphatic rings. The third-order valence-electron chi connectivity index (χ3n) is 2.91. The molecule has 0 saturated carbocycles. The molecule has 0 aliphatic carbocycles. The maximum atomic E-state index is 11.6. The standard InChI is InChI=1S/C14H16N4O2/c1-18(9-10-3-6-16-7-4-10)13-12(15)11(5-8-17-13)14(19)20-2/h3-8H,9,15H2,1-2H3. The summed E-state index contributed by atoms with van der Waals surface area (Å²) in [5.41, 5.74) is 7.71. The van der Waals surface area contributed by atoms with Crippen LogP contribution < -0.4 is 10.6 Å². The maximum Gasteiger partial charge on any atom is 0.340 e. The Kier molecular flexibility index (Phi) is 4.14. The number of rotatable bonds is 4. The molecule has 0 amide bonds. The molecule has 6 nitrogen and oxygen atoms in total.